The van der Waals surface area contributed by atoms with E-state index >= 15 is 0 Å². The molecule has 0 spiro atoms. The first-order valence-electron chi connectivity index (χ1n) is 8.38. The third kappa shape index (κ3) is 3.86. The SMILES string of the molecule is Cc1nn(CC(=O)N(C)Cc2ccc(-n3cccn3)cc2)c(C)c1[N+](=O)[O-]. The smallest absolute Gasteiger partial charge is 0.312 e. The number of aromatic nitrogens is 4. The van der Waals surface area contributed by atoms with E-state index in [1.807, 2.05) is 36.5 Å². The van der Waals surface area contributed by atoms with Gasteiger partial charge in [0.15, 0.2) is 0 Å². The normalized spacial score (nSPS) is 10.8. The van der Waals surface area contributed by atoms with Crippen LogP contribution in [0.3, 0.4) is 0 Å². The number of rotatable bonds is 6. The van der Waals surface area contributed by atoms with Crippen molar-refractivity contribution in [2.45, 2.75) is 26.9 Å². The molecular formula is C18H20N6O3. The van der Waals surface area contributed by atoms with Crippen LogP contribution in [0.2, 0.25) is 0 Å². The van der Waals surface area contributed by atoms with Crippen LogP contribution in [0.5, 0.6) is 0 Å². The van der Waals surface area contributed by atoms with Gasteiger partial charge in [-0.3, -0.25) is 19.6 Å². The maximum Gasteiger partial charge on any atom is 0.312 e. The first-order valence-corrected chi connectivity index (χ1v) is 8.38. The molecule has 0 saturated carbocycles. The van der Waals surface area contributed by atoms with Crippen molar-refractivity contribution < 1.29 is 9.72 Å². The first-order chi connectivity index (χ1) is 12.9. The monoisotopic (exact) mass is 368 g/mol. The average Bonchev–Trinajstić information content (AvgIpc) is 3.24. The van der Waals surface area contributed by atoms with Gasteiger partial charge in [0.1, 0.15) is 17.9 Å². The van der Waals surface area contributed by atoms with Crippen molar-refractivity contribution >= 4 is 11.6 Å². The second-order valence-corrected chi connectivity index (χ2v) is 6.30. The van der Waals surface area contributed by atoms with E-state index in [2.05, 4.69) is 10.2 Å². The van der Waals surface area contributed by atoms with Crippen molar-refractivity contribution in [3.05, 3.63) is 69.8 Å². The first kappa shape index (κ1) is 18.3. The Morgan fingerprint density at radius 2 is 1.96 bits per heavy atom. The summed E-state index contributed by atoms with van der Waals surface area (Å²) in [7, 11) is 1.70. The summed E-state index contributed by atoms with van der Waals surface area (Å²) in [6.07, 6.45) is 3.57. The van der Waals surface area contributed by atoms with Gasteiger partial charge in [0, 0.05) is 26.0 Å². The Labute approximate surface area is 156 Å². The molecule has 0 saturated heterocycles. The molecule has 0 aliphatic heterocycles. The molecular weight excluding hydrogens is 348 g/mol. The molecule has 0 unspecified atom stereocenters. The molecule has 3 aromatic rings. The van der Waals surface area contributed by atoms with Crippen LogP contribution >= 0.6 is 0 Å². The zero-order chi connectivity index (χ0) is 19.6. The molecule has 9 nitrogen and oxygen atoms in total. The Kier molecular flexibility index (Phi) is 5.02. The van der Waals surface area contributed by atoms with Crippen LogP contribution < -0.4 is 0 Å². The number of likely N-dealkylation sites (N-methyl/N-ethyl adjacent to an activating group) is 1. The molecule has 1 amide bonds. The maximum absolute atomic E-state index is 12.5. The third-order valence-electron chi connectivity index (χ3n) is 4.36. The van der Waals surface area contributed by atoms with E-state index in [1.54, 1.807) is 36.7 Å². The molecule has 140 valence electrons. The molecule has 3 rings (SSSR count). The summed E-state index contributed by atoms with van der Waals surface area (Å²) in [5.74, 6) is -0.174. The third-order valence-corrected chi connectivity index (χ3v) is 4.36. The number of amides is 1. The van der Waals surface area contributed by atoms with Crippen molar-refractivity contribution in [3.8, 4) is 5.69 Å². The van der Waals surface area contributed by atoms with Crippen LogP contribution in [0.25, 0.3) is 5.69 Å². The Hall–Kier alpha value is -3.49. The lowest BCUT2D eigenvalue weighted by Crippen LogP contribution is -2.30. The van der Waals surface area contributed by atoms with E-state index in [1.165, 1.54) is 4.68 Å². The average molecular weight is 368 g/mol. The Balaban J connectivity index is 1.66. The molecule has 9 heteroatoms. The molecule has 0 fully saturated rings. The van der Waals surface area contributed by atoms with Crippen molar-refractivity contribution in [2.24, 2.45) is 0 Å². The van der Waals surface area contributed by atoms with Crippen LogP contribution in [-0.4, -0.2) is 42.3 Å². The van der Waals surface area contributed by atoms with Gasteiger partial charge in [-0.05, 0) is 37.6 Å². The highest BCUT2D eigenvalue weighted by molar-refractivity contribution is 5.75. The van der Waals surface area contributed by atoms with Gasteiger partial charge < -0.3 is 4.90 Å². The number of nitro groups is 1. The quantitative estimate of drug-likeness (QED) is 0.491. The van der Waals surface area contributed by atoms with Gasteiger partial charge in [-0.1, -0.05) is 12.1 Å². The Morgan fingerprint density at radius 3 is 2.52 bits per heavy atom. The van der Waals surface area contributed by atoms with E-state index in [9.17, 15) is 14.9 Å². The summed E-state index contributed by atoms with van der Waals surface area (Å²) in [6.45, 7) is 3.55. The lowest BCUT2D eigenvalue weighted by atomic mass is 10.2. The van der Waals surface area contributed by atoms with Crippen molar-refractivity contribution in [2.75, 3.05) is 7.05 Å². The molecule has 1 aromatic carbocycles. The lowest BCUT2D eigenvalue weighted by molar-refractivity contribution is -0.386. The predicted octanol–water partition coefficient (Wildman–Crippen LogP) is 2.25. The number of hydrogen-bond acceptors (Lipinski definition) is 5. The summed E-state index contributed by atoms with van der Waals surface area (Å²) in [5, 5.41) is 19.4. The molecule has 2 aromatic heterocycles. The van der Waals surface area contributed by atoms with Gasteiger partial charge in [0.2, 0.25) is 5.91 Å². The number of carbonyl (C=O) groups is 1. The fourth-order valence-electron chi connectivity index (χ4n) is 2.89. The Morgan fingerprint density at radius 1 is 1.26 bits per heavy atom. The van der Waals surface area contributed by atoms with E-state index in [4.69, 9.17) is 0 Å². The van der Waals surface area contributed by atoms with E-state index in [-0.39, 0.29) is 18.1 Å². The highest BCUT2D eigenvalue weighted by Gasteiger charge is 2.23. The van der Waals surface area contributed by atoms with E-state index < -0.39 is 4.92 Å². The molecule has 0 N–H and O–H groups in total. The summed E-state index contributed by atoms with van der Waals surface area (Å²) in [5.41, 5.74) is 2.55. The molecule has 0 bridgehead atoms. The van der Waals surface area contributed by atoms with Gasteiger partial charge in [-0.25, -0.2) is 4.68 Å². The van der Waals surface area contributed by atoms with E-state index in [0.717, 1.165) is 11.3 Å². The van der Waals surface area contributed by atoms with Crippen LogP contribution in [-0.2, 0) is 17.9 Å². The second kappa shape index (κ2) is 7.40. The zero-order valence-electron chi connectivity index (χ0n) is 15.4. The van der Waals surface area contributed by atoms with Gasteiger partial charge in [-0.2, -0.15) is 10.2 Å². The fourth-order valence-corrected chi connectivity index (χ4v) is 2.89. The number of aryl methyl sites for hydroxylation is 1. The number of benzene rings is 1. The van der Waals surface area contributed by atoms with Gasteiger partial charge >= 0.3 is 5.69 Å². The molecule has 0 atom stereocenters. The topological polar surface area (TPSA) is 99.1 Å². The zero-order valence-corrected chi connectivity index (χ0v) is 15.4. The minimum absolute atomic E-state index is 0.0393. The van der Waals surface area contributed by atoms with Crippen LogP contribution in [0.15, 0.2) is 42.7 Å². The predicted molar refractivity (Wildman–Crippen MR) is 98.4 cm³/mol. The standard InChI is InChI=1S/C18H20N6O3/c1-13-18(24(26)27)14(2)23(20-13)12-17(25)21(3)11-15-5-7-16(8-6-15)22-10-4-9-19-22/h4-10H,11-12H2,1-3H3. The highest BCUT2D eigenvalue weighted by atomic mass is 16.6. The summed E-state index contributed by atoms with van der Waals surface area (Å²) >= 11 is 0. The second-order valence-electron chi connectivity index (χ2n) is 6.30. The van der Waals surface area contributed by atoms with E-state index in [0.29, 0.717) is 17.9 Å². The summed E-state index contributed by atoms with van der Waals surface area (Å²) < 4.78 is 3.14. The minimum atomic E-state index is -0.469. The summed E-state index contributed by atoms with van der Waals surface area (Å²) in [4.78, 5) is 24.7. The largest absolute Gasteiger partial charge is 0.340 e. The maximum atomic E-state index is 12.5. The van der Waals surface area contributed by atoms with Crippen molar-refractivity contribution in [3.63, 3.8) is 0 Å². The lowest BCUT2D eigenvalue weighted by Gasteiger charge is -2.18. The minimum Gasteiger partial charge on any atom is -0.340 e. The molecule has 27 heavy (non-hydrogen) atoms. The van der Waals surface area contributed by atoms with Crippen LogP contribution in [0.4, 0.5) is 5.69 Å². The van der Waals surface area contributed by atoms with Crippen molar-refractivity contribution in [1.29, 1.82) is 0 Å². The number of hydrogen-bond donors (Lipinski definition) is 0. The number of carbonyl (C=O) groups excluding carboxylic acids is 1. The molecule has 0 aliphatic rings. The van der Waals surface area contributed by atoms with Gasteiger partial charge in [0.05, 0.1) is 10.6 Å². The number of nitrogens with zero attached hydrogens (tertiary/aromatic N) is 6. The van der Waals surface area contributed by atoms with Gasteiger partial charge in [-0.15, -0.1) is 0 Å². The molecule has 2 heterocycles. The Bertz CT molecular complexity index is 960. The summed E-state index contributed by atoms with van der Waals surface area (Å²) in [6, 6.07) is 9.60. The van der Waals surface area contributed by atoms with Crippen LogP contribution in [0.1, 0.15) is 17.0 Å². The van der Waals surface area contributed by atoms with Crippen LogP contribution in [0, 0.1) is 24.0 Å². The fraction of sp³-hybridized carbons (Fsp3) is 0.278. The molecule has 0 radical (unpaired) electrons. The molecule has 0 aliphatic carbocycles. The highest BCUT2D eigenvalue weighted by Crippen LogP contribution is 2.21. The van der Waals surface area contributed by atoms with Gasteiger partial charge in [0.25, 0.3) is 0 Å². The van der Waals surface area contributed by atoms with Crippen molar-refractivity contribution in [1.82, 2.24) is 24.5 Å².